The van der Waals surface area contributed by atoms with Gasteiger partial charge in [0, 0.05) is 6.54 Å². The van der Waals surface area contributed by atoms with Gasteiger partial charge in [-0.05, 0) is 17.7 Å². The molecule has 0 atom stereocenters. The highest BCUT2D eigenvalue weighted by Gasteiger charge is 2.13. The van der Waals surface area contributed by atoms with Gasteiger partial charge < -0.3 is 10.8 Å². The van der Waals surface area contributed by atoms with E-state index in [0.717, 1.165) is 12.1 Å². The Morgan fingerprint density at radius 3 is 2.71 bits per heavy atom. The topological polar surface area (TPSA) is 87.1 Å². The fourth-order valence-electron chi connectivity index (χ4n) is 1.07. The van der Waals surface area contributed by atoms with Crippen LogP contribution in [0.2, 0.25) is 0 Å². The number of rotatable bonds is 2. The van der Waals surface area contributed by atoms with Gasteiger partial charge in [-0.15, -0.1) is 0 Å². The molecule has 0 unspecified atom stereocenters. The van der Waals surface area contributed by atoms with Gasteiger partial charge in [-0.3, -0.25) is 0 Å². The molecule has 1 rings (SSSR count). The van der Waals surface area contributed by atoms with Crippen molar-refractivity contribution < 1.29 is 14.3 Å². The van der Waals surface area contributed by atoms with Crippen molar-refractivity contribution in [1.29, 1.82) is 5.26 Å². The van der Waals surface area contributed by atoms with Gasteiger partial charge in [0.2, 0.25) is 0 Å². The molecule has 5 heteroatoms. The van der Waals surface area contributed by atoms with Crippen molar-refractivity contribution in [3.8, 4) is 6.07 Å². The lowest BCUT2D eigenvalue weighted by atomic mass is 10.0. The quantitative estimate of drug-likeness (QED) is 0.730. The molecule has 14 heavy (non-hydrogen) atoms. The van der Waals surface area contributed by atoms with E-state index in [1.807, 2.05) is 0 Å². The van der Waals surface area contributed by atoms with Crippen LogP contribution in [0.1, 0.15) is 21.5 Å². The molecule has 0 amide bonds. The first kappa shape index (κ1) is 10.2. The summed E-state index contributed by atoms with van der Waals surface area (Å²) in [5.41, 5.74) is 4.99. The van der Waals surface area contributed by atoms with Crippen molar-refractivity contribution >= 4 is 5.97 Å². The monoisotopic (exact) mass is 194 g/mol. The number of nitrogens with two attached hydrogens (primary N) is 1. The zero-order valence-corrected chi connectivity index (χ0v) is 7.12. The van der Waals surface area contributed by atoms with E-state index in [4.69, 9.17) is 16.1 Å². The minimum absolute atomic E-state index is 0.0791. The molecule has 0 aromatic heterocycles. The van der Waals surface area contributed by atoms with Gasteiger partial charge in [-0.25, -0.2) is 9.18 Å². The predicted octanol–water partition coefficient (Wildman–Crippen LogP) is 0.854. The minimum Gasteiger partial charge on any atom is -0.478 e. The molecule has 0 radical (unpaired) electrons. The molecule has 0 fully saturated rings. The maximum absolute atomic E-state index is 13.0. The van der Waals surface area contributed by atoms with E-state index < -0.39 is 11.8 Å². The number of benzene rings is 1. The smallest absolute Gasteiger partial charge is 0.336 e. The van der Waals surface area contributed by atoms with Crippen molar-refractivity contribution in [2.24, 2.45) is 5.73 Å². The van der Waals surface area contributed by atoms with Crippen LogP contribution in [0.25, 0.3) is 0 Å². The van der Waals surface area contributed by atoms with Crippen molar-refractivity contribution in [3.05, 3.63) is 34.6 Å². The van der Waals surface area contributed by atoms with E-state index in [0.29, 0.717) is 0 Å². The highest BCUT2D eigenvalue weighted by molar-refractivity contribution is 5.89. The average molecular weight is 194 g/mol. The van der Waals surface area contributed by atoms with Gasteiger partial charge in [0.1, 0.15) is 11.9 Å². The normalized spacial score (nSPS) is 9.50. The third-order valence-electron chi connectivity index (χ3n) is 1.76. The van der Waals surface area contributed by atoms with Gasteiger partial charge >= 0.3 is 5.97 Å². The van der Waals surface area contributed by atoms with Crippen LogP contribution in [-0.2, 0) is 6.54 Å². The fourth-order valence-corrected chi connectivity index (χ4v) is 1.07. The van der Waals surface area contributed by atoms with Crippen LogP contribution < -0.4 is 5.73 Å². The Kier molecular flexibility index (Phi) is 2.79. The first-order chi connectivity index (χ1) is 6.60. The second-order valence-corrected chi connectivity index (χ2v) is 2.61. The summed E-state index contributed by atoms with van der Waals surface area (Å²) in [5.74, 6) is -1.97. The zero-order valence-electron chi connectivity index (χ0n) is 7.12. The minimum atomic E-state index is -1.22. The molecule has 0 heterocycles. The Morgan fingerprint density at radius 2 is 2.29 bits per heavy atom. The summed E-state index contributed by atoms with van der Waals surface area (Å²) >= 11 is 0. The zero-order chi connectivity index (χ0) is 10.7. The third kappa shape index (κ3) is 1.70. The Labute approximate surface area is 79.4 Å². The number of carboxylic acid groups (broad SMARTS) is 1. The van der Waals surface area contributed by atoms with Crippen LogP contribution in [0.3, 0.4) is 0 Å². The summed E-state index contributed by atoms with van der Waals surface area (Å²) in [5, 5.41) is 17.2. The molecule has 0 spiro atoms. The summed E-state index contributed by atoms with van der Waals surface area (Å²) in [4.78, 5) is 10.7. The fraction of sp³-hybridized carbons (Fsp3) is 0.111. The standard InChI is InChI=1S/C9H7FN2O2/c10-8-2-5(3-11)7(9(13)14)1-6(8)4-12/h1-2H,3,11H2,(H,13,14). The van der Waals surface area contributed by atoms with E-state index in [2.05, 4.69) is 0 Å². The lowest BCUT2D eigenvalue weighted by Crippen LogP contribution is -2.08. The van der Waals surface area contributed by atoms with Crippen molar-refractivity contribution in [1.82, 2.24) is 0 Å². The van der Waals surface area contributed by atoms with Crippen LogP contribution in [-0.4, -0.2) is 11.1 Å². The third-order valence-corrected chi connectivity index (χ3v) is 1.76. The maximum atomic E-state index is 13.0. The van der Waals surface area contributed by atoms with Crippen LogP contribution >= 0.6 is 0 Å². The Balaban J connectivity index is 3.42. The molecule has 0 saturated carbocycles. The average Bonchev–Trinajstić information content (AvgIpc) is 2.16. The van der Waals surface area contributed by atoms with E-state index in [9.17, 15) is 9.18 Å². The number of hydrogen-bond donors (Lipinski definition) is 2. The van der Waals surface area contributed by atoms with E-state index in [1.165, 1.54) is 0 Å². The molecule has 3 N–H and O–H groups in total. The number of nitriles is 1. The van der Waals surface area contributed by atoms with Crippen LogP contribution in [0.4, 0.5) is 4.39 Å². The Morgan fingerprint density at radius 1 is 1.64 bits per heavy atom. The summed E-state index contributed by atoms with van der Waals surface area (Å²) in [6.45, 7) is -0.0791. The number of carbonyl (C=O) groups is 1. The number of nitrogens with zero attached hydrogens (tertiary/aromatic N) is 1. The first-order valence-electron chi connectivity index (χ1n) is 3.76. The number of aromatic carboxylic acids is 1. The highest BCUT2D eigenvalue weighted by atomic mass is 19.1. The maximum Gasteiger partial charge on any atom is 0.336 e. The van der Waals surface area contributed by atoms with Gasteiger partial charge in [0.25, 0.3) is 0 Å². The van der Waals surface area contributed by atoms with Crippen molar-refractivity contribution in [2.75, 3.05) is 0 Å². The summed E-state index contributed by atoms with van der Waals surface area (Å²) in [6.07, 6.45) is 0. The summed E-state index contributed by atoms with van der Waals surface area (Å²) < 4.78 is 13.0. The van der Waals surface area contributed by atoms with Gasteiger partial charge in [-0.2, -0.15) is 5.26 Å². The highest BCUT2D eigenvalue weighted by Crippen LogP contribution is 2.15. The molecular weight excluding hydrogens is 187 g/mol. The molecule has 1 aromatic rings. The molecule has 0 bridgehead atoms. The van der Waals surface area contributed by atoms with Gasteiger partial charge in [0.05, 0.1) is 11.1 Å². The Bertz CT molecular complexity index is 424. The molecule has 0 aliphatic heterocycles. The van der Waals surface area contributed by atoms with Crippen molar-refractivity contribution in [3.63, 3.8) is 0 Å². The molecule has 4 nitrogen and oxygen atoms in total. The second-order valence-electron chi connectivity index (χ2n) is 2.61. The van der Waals surface area contributed by atoms with E-state index in [-0.39, 0.29) is 23.2 Å². The molecule has 72 valence electrons. The summed E-state index contributed by atoms with van der Waals surface area (Å²) in [6, 6.07) is 3.52. The van der Waals surface area contributed by atoms with Gasteiger partial charge in [-0.1, -0.05) is 0 Å². The molecule has 1 aromatic carbocycles. The number of halogens is 1. The molecule has 0 saturated heterocycles. The number of hydrogen-bond acceptors (Lipinski definition) is 3. The van der Waals surface area contributed by atoms with Crippen LogP contribution in [0.15, 0.2) is 12.1 Å². The summed E-state index contributed by atoms with van der Waals surface area (Å²) in [7, 11) is 0. The number of carboxylic acids is 1. The van der Waals surface area contributed by atoms with Crippen molar-refractivity contribution in [2.45, 2.75) is 6.54 Å². The van der Waals surface area contributed by atoms with E-state index >= 15 is 0 Å². The first-order valence-corrected chi connectivity index (χ1v) is 3.76. The molecular formula is C9H7FN2O2. The van der Waals surface area contributed by atoms with Crippen LogP contribution in [0, 0.1) is 17.1 Å². The lowest BCUT2D eigenvalue weighted by Gasteiger charge is -2.04. The molecule has 0 aliphatic carbocycles. The second kappa shape index (κ2) is 3.85. The van der Waals surface area contributed by atoms with Gasteiger partial charge in [0.15, 0.2) is 0 Å². The van der Waals surface area contributed by atoms with Crippen LogP contribution in [0.5, 0.6) is 0 Å². The lowest BCUT2D eigenvalue weighted by molar-refractivity contribution is 0.0695. The predicted molar refractivity (Wildman–Crippen MR) is 46.0 cm³/mol. The largest absolute Gasteiger partial charge is 0.478 e. The SMILES string of the molecule is N#Cc1cc(C(=O)O)c(CN)cc1F. The van der Waals surface area contributed by atoms with E-state index in [1.54, 1.807) is 6.07 Å². The Hall–Kier alpha value is -1.93. The molecule has 0 aliphatic rings.